The van der Waals surface area contributed by atoms with Crippen molar-refractivity contribution in [2.75, 3.05) is 14.2 Å². The Balaban J connectivity index is 3.41. The highest BCUT2D eigenvalue weighted by atomic mass is 79.9. The average Bonchev–Trinajstić information content (AvgIpc) is 2.37. The fraction of sp³-hybridized carbons (Fsp3) is 0.571. The van der Waals surface area contributed by atoms with Crippen molar-refractivity contribution in [2.45, 2.75) is 31.8 Å². The second-order valence-corrected chi connectivity index (χ2v) is 7.61. The van der Waals surface area contributed by atoms with E-state index < -0.39 is 5.54 Å². The molecule has 0 fully saturated rings. The minimum atomic E-state index is -0.727. The zero-order chi connectivity index (χ0) is 15.3. The highest BCUT2D eigenvalue weighted by Gasteiger charge is 2.41. The van der Waals surface area contributed by atoms with E-state index in [2.05, 4.69) is 57.3 Å². The Morgan fingerprint density at radius 1 is 1.40 bits per heavy atom. The molecule has 0 radical (unpaired) electrons. The molecule has 0 N–H and O–H groups in total. The van der Waals surface area contributed by atoms with Gasteiger partial charge in [-0.2, -0.15) is 0 Å². The second-order valence-electron chi connectivity index (χ2n) is 4.83. The third-order valence-electron chi connectivity index (χ3n) is 3.03. The number of hydrogen-bond donors (Lipinski definition) is 0. The Morgan fingerprint density at radius 3 is 2.45 bits per heavy atom. The van der Waals surface area contributed by atoms with Gasteiger partial charge in [-0.1, -0.05) is 19.9 Å². The van der Waals surface area contributed by atoms with Gasteiger partial charge in [0.1, 0.15) is 6.04 Å². The number of aliphatic imine (C=N–C) groups is 2. The molecule has 0 amide bonds. The average molecular weight is 408 g/mol. The van der Waals surface area contributed by atoms with Crippen LogP contribution in [-0.2, 0) is 9.47 Å². The van der Waals surface area contributed by atoms with Gasteiger partial charge in [0.25, 0.3) is 0 Å². The molecule has 4 nitrogen and oxygen atoms in total. The van der Waals surface area contributed by atoms with Crippen molar-refractivity contribution >= 4 is 43.7 Å². The molecule has 20 heavy (non-hydrogen) atoms. The summed E-state index contributed by atoms with van der Waals surface area (Å²) in [5.74, 6) is 1.45. The molecule has 1 aliphatic rings. The van der Waals surface area contributed by atoms with E-state index in [0.717, 1.165) is 3.39 Å². The van der Waals surface area contributed by atoms with E-state index in [4.69, 9.17) is 14.5 Å². The second kappa shape index (κ2) is 7.41. The largest absolute Gasteiger partial charge is 0.483 e. The van der Waals surface area contributed by atoms with Crippen LogP contribution in [0.4, 0.5) is 0 Å². The van der Waals surface area contributed by atoms with Crippen LogP contribution in [0.1, 0.15) is 20.3 Å². The molecule has 0 unspecified atom stereocenters. The third kappa shape index (κ3) is 3.73. The van der Waals surface area contributed by atoms with Crippen molar-refractivity contribution in [1.82, 2.24) is 0 Å². The smallest absolute Gasteiger partial charge is 0.217 e. The van der Waals surface area contributed by atoms with Crippen LogP contribution >= 0.6 is 31.9 Å². The van der Waals surface area contributed by atoms with E-state index >= 15 is 0 Å². The summed E-state index contributed by atoms with van der Waals surface area (Å²) in [4.78, 5) is 9.43. The van der Waals surface area contributed by atoms with E-state index in [-0.39, 0.29) is 12.0 Å². The van der Waals surface area contributed by atoms with Gasteiger partial charge in [-0.05, 0) is 43.9 Å². The standard InChI is InChI=1S/C14H20Br2N2O2/c1-6-7-14(8-10(15)16)13(20-5)17-11(9(2)3)12(18-14)19-4/h6,8-9,11H,1,7H2,2-5H3/t11-,14+/m1/s1. The summed E-state index contributed by atoms with van der Waals surface area (Å²) in [5.41, 5.74) is -0.727. The van der Waals surface area contributed by atoms with Gasteiger partial charge in [-0.25, -0.2) is 9.98 Å². The molecule has 0 saturated heterocycles. The lowest BCUT2D eigenvalue weighted by Gasteiger charge is -2.33. The zero-order valence-electron chi connectivity index (χ0n) is 12.2. The minimum absolute atomic E-state index is 0.129. The summed E-state index contributed by atoms with van der Waals surface area (Å²) >= 11 is 6.76. The molecule has 0 aromatic heterocycles. The maximum absolute atomic E-state index is 5.49. The number of methoxy groups -OCH3 is 2. The Hall–Kier alpha value is -0.620. The quantitative estimate of drug-likeness (QED) is 0.659. The first-order chi connectivity index (χ1) is 9.40. The van der Waals surface area contributed by atoms with Crippen LogP contribution in [-0.4, -0.2) is 37.6 Å². The summed E-state index contributed by atoms with van der Waals surface area (Å²) in [6, 6.07) is -0.129. The monoisotopic (exact) mass is 406 g/mol. The van der Waals surface area contributed by atoms with Crippen LogP contribution < -0.4 is 0 Å². The van der Waals surface area contributed by atoms with E-state index in [0.29, 0.717) is 18.2 Å². The van der Waals surface area contributed by atoms with Crippen LogP contribution in [0, 0.1) is 5.92 Å². The molecule has 0 bridgehead atoms. The van der Waals surface area contributed by atoms with Crippen molar-refractivity contribution in [3.8, 4) is 0 Å². The van der Waals surface area contributed by atoms with Crippen LogP contribution in [0.25, 0.3) is 0 Å². The first-order valence-electron chi connectivity index (χ1n) is 6.31. The van der Waals surface area contributed by atoms with Crippen LogP contribution in [0.5, 0.6) is 0 Å². The number of ether oxygens (including phenoxy) is 2. The normalized spacial score (nSPS) is 25.6. The maximum atomic E-state index is 5.49. The highest BCUT2D eigenvalue weighted by molar-refractivity contribution is 9.28. The lowest BCUT2D eigenvalue weighted by atomic mass is 9.92. The molecule has 0 aliphatic carbocycles. The number of nitrogens with zero attached hydrogens (tertiary/aromatic N) is 2. The van der Waals surface area contributed by atoms with Crippen molar-refractivity contribution in [3.05, 3.63) is 22.1 Å². The highest BCUT2D eigenvalue weighted by Crippen LogP contribution is 2.32. The summed E-state index contributed by atoms with van der Waals surface area (Å²) in [5, 5.41) is 0. The zero-order valence-corrected chi connectivity index (χ0v) is 15.4. The van der Waals surface area contributed by atoms with Gasteiger partial charge in [-0.15, -0.1) is 6.58 Å². The molecule has 6 heteroatoms. The van der Waals surface area contributed by atoms with Crippen molar-refractivity contribution in [2.24, 2.45) is 15.9 Å². The first-order valence-corrected chi connectivity index (χ1v) is 7.89. The SMILES string of the molecule is C=CC[C@@]1(C=C(Br)Br)N=C(OC)[C@@H](C(C)C)N=C1OC. The first kappa shape index (κ1) is 17.4. The van der Waals surface area contributed by atoms with Gasteiger partial charge in [0.05, 0.1) is 17.6 Å². The number of rotatable bonds is 4. The van der Waals surface area contributed by atoms with Crippen LogP contribution in [0.3, 0.4) is 0 Å². The topological polar surface area (TPSA) is 43.2 Å². The molecule has 0 saturated carbocycles. The number of hydrogen-bond acceptors (Lipinski definition) is 4. The molecule has 1 heterocycles. The third-order valence-corrected chi connectivity index (χ3v) is 3.48. The lowest BCUT2D eigenvalue weighted by Crippen LogP contribution is -2.45. The van der Waals surface area contributed by atoms with Crippen molar-refractivity contribution < 1.29 is 9.47 Å². The molecule has 2 atom stereocenters. The molecule has 1 aliphatic heterocycles. The molecule has 112 valence electrons. The molecule has 0 aromatic carbocycles. The molecule has 0 spiro atoms. The van der Waals surface area contributed by atoms with Crippen LogP contribution in [0.2, 0.25) is 0 Å². The van der Waals surface area contributed by atoms with E-state index in [1.165, 1.54) is 0 Å². The Bertz CT molecular complexity index is 454. The Labute approximate surface area is 137 Å². The maximum Gasteiger partial charge on any atom is 0.217 e. The summed E-state index contributed by atoms with van der Waals surface area (Å²) < 4.78 is 11.7. The fourth-order valence-corrected chi connectivity index (χ4v) is 2.88. The van der Waals surface area contributed by atoms with Crippen molar-refractivity contribution in [3.63, 3.8) is 0 Å². The van der Waals surface area contributed by atoms with Crippen molar-refractivity contribution in [1.29, 1.82) is 0 Å². The number of halogens is 2. The molecular weight excluding hydrogens is 388 g/mol. The summed E-state index contributed by atoms with van der Waals surface area (Å²) in [7, 11) is 3.23. The predicted octanol–water partition coefficient (Wildman–Crippen LogP) is 4.06. The van der Waals surface area contributed by atoms with Gasteiger partial charge >= 0.3 is 0 Å². The van der Waals surface area contributed by atoms with Gasteiger partial charge in [-0.3, -0.25) is 0 Å². The van der Waals surface area contributed by atoms with E-state index in [1.807, 2.05) is 6.08 Å². The van der Waals surface area contributed by atoms with E-state index in [1.54, 1.807) is 20.3 Å². The minimum Gasteiger partial charge on any atom is -0.483 e. The van der Waals surface area contributed by atoms with Gasteiger partial charge in [0, 0.05) is 6.42 Å². The fourth-order valence-electron chi connectivity index (χ4n) is 2.12. The lowest BCUT2D eigenvalue weighted by molar-refractivity contribution is 0.319. The van der Waals surface area contributed by atoms with Gasteiger partial charge in [0.15, 0.2) is 5.54 Å². The predicted molar refractivity (Wildman–Crippen MR) is 91.0 cm³/mol. The van der Waals surface area contributed by atoms with Crippen LogP contribution in [0.15, 0.2) is 32.1 Å². The summed E-state index contributed by atoms with van der Waals surface area (Å²) in [6.07, 6.45) is 4.26. The van der Waals surface area contributed by atoms with Gasteiger partial charge in [0.2, 0.25) is 11.8 Å². The Kier molecular flexibility index (Phi) is 6.45. The Morgan fingerprint density at radius 2 is 2.05 bits per heavy atom. The molecule has 1 rings (SSSR count). The summed E-state index contributed by atoms with van der Waals surface area (Å²) in [6.45, 7) is 7.95. The molecular formula is C14H20Br2N2O2. The van der Waals surface area contributed by atoms with E-state index in [9.17, 15) is 0 Å². The van der Waals surface area contributed by atoms with Gasteiger partial charge < -0.3 is 9.47 Å². The molecule has 0 aromatic rings.